The minimum absolute atomic E-state index is 0.0179. The van der Waals surface area contributed by atoms with Gasteiger partial charge in [0.05, 0.1) is 19.1 Å². The molecule has 0 saturated carbocycles. The van der Waals surface area contributed by atoms with Crippen LogP contribution >= 0.6 is 0 Å². The lowest BCUT2D eigenvalue weighted by molar-refractivity contribution is -0.148. The van der Waals surface area contributed by atoms with Gasteiger partial charge in [-0.2, -0.15) is 0 Å². The molecule has 0 heterocycles. The van der Waals surface area contributed by atoms with E-state index in [1.165, 1.54) is 0 Å². The second-order valence-electron chi connectivity index (χ2n) is 4.27. The highest BCUT2D eigenvalue weighted by Gasteiger charge is 2.24. The number of hydrogen-bond donors (Lipinski definition) is 0. The number of hydrogen-bond acceptors (Lipinski definition) is 4. The third-order valence-electron chi connectivity index (χ3n) is 2.39. The monoisotopic (exact) mass is 232 g/mol. The topological polar surface area (TPSA) is 44.8 Å². The highest BCUT2D eigenvalue weighted by molar-refractivity contribution is 5.69. The summed E-state index contributed by atoms with van der Waals surface area (Å²) in [7, 11) is 1.59. The third-order valence-corrected chi connectivity index (χ3v) is 2.39. The first-order valence-electron chi connectivity index (χ1n) is 5.79. The van der Waals surface area contributed by atoms with E-state index in [1.54, 1.807) is 7.11 Å². The first-order chi connectivity index (χ1) is 7.52. The molecule has 0 rings (SSSR count). The molecule has 0 spiro atoms. The van der Waals surface area contributed by atoms with Crippen LogP contribution in [0.5, 0.6) is 0 Å². The number of esters is 1. The lowest BCUT2D eigenvalue weighted by Crippen LogP contribution is -2.30. The van der Waals surface area contributed by atoms with E-state index >= 15 is 0 Å². The number of ether oxygens (including phenoxy) is 3. The Morgan fingerprint density at radius 1 is 1.25 bits per heavy atom. The van der Waals surface area contributed by atoms with Crippen molar-refractivity contribution in [3.05, 3.63) is 0 Å². The normalized spacial score (nSPS) is 14.9. The van der Waals surface area contributed by atoms with E-state index in [-0.39, 0.29) is 24.8 Å². The molecular formula is C12H24O4. The maximum absolute atomic E-state index is 11.3. The summed E-state index contributed by atoms with van der Waals surface area (Å²) >= 11 is 0. The van der Waals surface area contributed by atoms with E-state index in [4.69, 9.17) is 14.2 Å². The van der Waals surface area contributed by atoms with Gasteiger partial charge in [-0.3, -0.25) is 4.79 Å². The van der Waals surface area contributed by atoms with E-state index < -0.39 is 0 Å². The smallest absolute Gasteiger partial charge is 0.306 e. The zero-order valence-electron chi connectivity index (χ0n) is 11.0. The number of rotatable bonds is 8. The molecule has 96 valence electrons. The molecule has 0 radical (unpaired) electrons. The van der Waals surface area contributed by atoms with Crippen molar-refractivity contribution in [1.82, 2.24) is 0 Å². The van der Waals surface area contributed by atoms with Crippen molar-refractivity contribution in [2.24, 2.45) is 11.8 Å². The van der Waals surface area contributed by atoms with Crippen molar-refractivity contribution in [2.45, 2.75) is 40.2 Å². The first kappa shape index (κ1) is 15.4. The SMILES string of the molecule is CCOC(=O)C[C@H](C)[C@@H](OCOC)C(C)C. The van der Waals surface area contributed by atoms with Crippen molar-refractivity contribution >= 4 is 5.97 Å². The van der Waals surface area contributed by atoms with Gasteiger partial charge in [0.1, 0.15) is 6.79 Å². The van der Waals surface area contributed by atoms with Crippen molar-refractivity contribution in [1.29, 1.82) is 0 Å². The van der Waals surface area contributed by atoms with Gasteiger partial charge in [-0.15, -0.1) is 0 Å². The van der Waals surface area contributed by atoms with Crippen LogP contribution in [-0.4, -0.2) is 32.6 Å². The van der Waals surface area contributed by atoms with Gasteiger partial charge in [0.15, 0.2) is 0 Å². The first-order valence-corrected chi connectivity index (χ1v) is 5.79. The molecule has 0 saturated heterocycles. The molecule has 0 aromatic carbocycles. The average Bonchev–Trinajstić information content (AvgIpc) is 2.17. The Kier molecular flexibility index (Phi) is 8.21. The van der Waals surface area contributed by atoms with Gasteiger partial charge >= 0.3 is 5.97 Å². The Bertz CT molecular complexity index is 191. The molecule has 0 aliphatic carbocycles. The van der Waals surface area contributed by atoms with Crippen molar-refractivity contribution in [2.75, 3.05) is 20.5 Å². The standard InChI is InChI=1S/C12H24O4/c1-6-15-11(13)7-10(4)12(9(2)3)16-8-14-5/h9-10,12H,6-8H2,1-5H3/t10-,12-/m0/s1. The van der Waals surface area contributed by atoms with Crippen LogP contribution in [0.25, 0.3) is 0 Å². The average molecular weight is 232 g/mol. The highest BCUT2D eigenvalue weighted by Crippen LogP contribution is 2.20. The Morgan fingerprint density at radius 2 is 1.88 bits per heavy atom. The highest BCUT2D eigenvalue weighted by atomic mass is 16.7. The van der Waals surface area contributed by atoms with E-state index in [2.05, 4.69) is 13.8 Å². The zero-order valence-corrected chi connectivity index (χ0v) is 11.0. The Balaban J connectivity index is 4.15. The molecule has 0 aromatic rings. The molecule has 0 aliphatic heterocycles. The van der Waals surface area contributed by atoms with Crippen LogP contribution in [0.4, 0.5) is 0 Å². The Morgan fingerprint density at radius 3 is 2.31 bits per heavy atom. The molecule has 4 heteroatoms. The maximum atomic E-state index is 11.3. The molecule has 0 aliphatic rings. The minimum atomic E-state index is -0.165. The molecule has 0 aromatic heterocycles. The Labute approximate surface area is 98.3 Å². The van der Waals surface area contributed by atoms with E-state index in [0.29, 0.717) is 18.9 Å². The Hall–Kier alpha value is -0.610. The minimum Gasteiger partial charge on any atom is -0.466 e. The molecule has 0 unspecified atom stereocenters. The largest absolute Gasteiger partial charge is 0.466 e. The van der Waals surface area contributed by atoms with Crippen molar-refractivity contribution in [3.8, 4) is 0 Å². The predicted molar refractivity (Wildman–Crippen MR) is 62.0 cm³/mol. The second-order valence-corrected chi connectivity index (χ2v) is 4.27. The van der Waals surface area contributed by atoms with E-state index in [0.717, 1.165) is 0 Å². The molecule has 0 fully saturated rings. The van der Waals surface area contributed by atoms with Gasteiger partial charge in [0.2, 0.25) is 0 Å². The predicted octanol–water partition coefficient (Wildman–Crippen LogP) is 2.22. The molecule has 0 bridgehead atoms. The number of methoxy groups -OCH3 is 1. The summed E-state index contributed by atoms with van der Waals surface area (Å²) in [6, 6.07) is 0. The van der Waals surface area contributed by atoms with Gasteiger partial charge in [-0.05, 0) is 18.8 Å². The summed E-state index contributed by atoms with van der Waals surface area (Å²) in [5, 5.41) is 0. The lowest BCUT2D eigenvalue weighted by atomic mass is 9.92. The van der Waals surface area contributed by atoms with Gasteiger partial charge < -0.3 is 14.2 Å². The molecular weight excluding hydrogens is 208 g/mol. The zero-order chi connectivity index (χ0) is 12.6. The molecule has 0 amide bonds. The quantitative estimate of drug-likeness (QED) is 0.475. The van der Waals surface area contributed by atoms with E-state index in [9.17, 15) is 4.79 Å². The fourth-order valence-electron chi connectivity index (χ4n) is 1.76. The summed E-state index contributed by atoms with van der Waals surface area (Å²) in [6.07, 6.45) is 0.407. The lowest BCUT2D eigenvalue weighted by Gasteiger charge is -2.26. The van der Waals surface area contributed by atoms with Crippen molar-refractivity contribution in [3.63, 3.8) is 0 Å². The maximum Gasteiger partial charge on any atom is 0.306 e. The third kappa shape index (κ3) is 6.08. The van der Waals surface area contributed by atoms with Crippen LogP contribution in [0.2, 0.25) is 0 Å². The van der Waals surface area contributed by atoms with Crippen LogP contribution in [-0.2, 0) is 19.0 Å². The van der Waals surface area contributed by atoms with E-state index in [1.807, 2.05) is 13.8 Å². The number of carbonyl (C=O) groups is 1. The van der Waals surface area contributed by atoms with Crippen LogP contribution in [0.3, 0.4) is 0 Å². The fourth-order valence-corrected chi connectivity index (χ4v) is 1.76. The molecule has 2 atom stereocenters. The summed E-state index contributed by atoms with van der Waals surface area (Å²) in [5.74, 6) is 0.315. The summed E-state index contributed by atoms with van der Waals surface area (Å²) in [4.78, 5) is 11.3. The van der Waals surface area contributed by atoms with Crippen molar-refractivity contribution < 1.29 is 19.0 Å². The van der Waals surface area contributed by atoms with Crippen LogP contribution < -0.4 is 0 Å². The van der Waals surface area contributed by atoms with Gasteiger partial charge in [-0.25, -0.2) is 0 Å². The van der Waals surface area contributed by atoms with Crippen LogP contribution in [0.1, 0.15) is 34.1 Å². The molecule has 4 nitrogen and oxygen atoms in total. The second kappa shape index (κ2) is 8.53. The van der Waals surface area contributed by atoms with Gasteiger partial charge in [0, 0.05) is 7.11 Å². The van der Waals surface area contributed by atoms with Gasteiger partial charge in [-0.1, -0.05) is 20.8 Å². The fraction of sp³-hybridized carbons (Fsp3) is 0.917. The summed E-state index contributed by atoms with van der Waals surface area (Å²) in [6.45, 7) is 8.64. The van der Waals surface area contributed by atoms with Crippen LogP contribution in [0, 0.1) is 11.8 Å². The number of carbonyl (C=O) groups excluding carboxylic acids is 1. The van der Waals surface area contributed by atoms with Crippen LogP contribution in [0.15, 0.2) is 0 Å². The molecule has 16 heavy (non-hydrogen) atoms. The summed E-state index contributed by atoms with van der Waals surface area (Å²) < 4.78 is 15.4. The summed E-state index contributed by atoms with van der Waals surface area (Å²) in [5.41, 5.74) is 0. The van der Waals surface area contributed by atoms with Gasteiger partial charge in [0.25, 0.3) is 0 Å². The molecule has 0 N–H and O–H groups in total.